The zero-order valence-corrected chi connectivity index (χ0v) is 12.5. The molecule has 22 heavy (non-hydrogen) atoms. The topological polar surface area (TPSA) is 58.6 Å². The molecule has 3 rings (SSSR count). The smallest absolute Gasteiger partial charge is 0.262 e. The molecule has 0 radical (unpaired) electrons. The molecule has 0 fully saturated rings. The number of benzene rings is 2. The summed E-state index contributed by atoms with van der Waals surface area (Å²) in [5.74, 6) is 0.890. The first-order chi connectivity index (χ1) is 10.5. The quantitative estimate of drug-likeness (QED) is 0.834. The van der Waals surface area contributed by atoms with Gasteiger partial charge in [0.25, 0.3) is 5.91 Å². The SMILES string of the molecule is Cc1cc(/C=C/c2cc(C)c3c(c2)NC(=O)CO3)ccc1O. The second-order valence-electron chi connectivity index (χ2n) is 5.43. The number of anilines is 1. The van der Waals surface area contributed by atoms with Crippen LogP contribution in [0.15, 0.2) is 30.3 Å². The summed E-state index contributed by atoms with van der Waals surface area (Å²) < 4.78 is 5.45. The molecule has 0 aliphatic carbocycles. The van der Waals surface area contributed by atoms with Crippen LogP contribution in [0, 0.1) is 13.8 Å². The first-order valence-corrected chi connectivity index (χ1v) is 7.08. The summed E-state index contributed by atoms with van der Waals surface area (Å²) in [5, 5.41) is 12.4. The molecule has 0 saturated carbocycles. The lowest BCUT2D eigenvalue weighted by molar-refractivity contribution is -0.118. The molecule has 2 aromatic carbocycles. The van der Waals surface area contributed by atoms with Gasteiger partial charge in [0.2, 0.25) is 0 Å². The van der Waals surface area contributed by atoms with Crippen molar-refractivity contribution in [3.8, 4) is 11.5 Å². The van der Waals surface area contributed by atoms with Gasteiger partial charge in [-0.25, -0.2) is 0 Å². The van der Waals surface area contributed by atoms with Gasteiger partial charge in [-0.1, -0.05) is 18.2 Å². The van der Waals surface area contributed by atoms with E-state index < -0.39 is 0 Å². The van der Waals surface area contributed by atoms with Gasteiger partial charge < -0.3 is 15.2 Å². The fourth-order valence-electron chi connectivity index (χ4n) is 2.48. The number of hydrogen-bond donors (Lipinski definition) is 2. The highest BCUT2D eigenvalue weighted by molar-refractivity contribution is 5.96. The molecule has 0 spiro atoms. The van der Waals surface area contributed by atoms with Crippen molar-refractivity contribution in [3.63, 3.8) is 0 Å². The Morgan fingerprint density at radius 1 is 1.09 bits per heavy atom. The number of amides is 1. The predicted molar refractivity (Wildman–Crippen MR) is 87.1 cm³/mol. The van der Waals surface area contributed by atoms with Crippen molar-refractivity contribution in [2.45, 2.75) is 13.8 Å². The summed E-state index contributed by atoms with van der Waals surface area (Å²) in [7, 11) is 0. The average molecular weight is 295 g/mol. The van der Waals surface area contributed by atoms with Crippen molar-refractivity contribution in [2.75, 3.05) is 11.9 Å². The van der Waals surface area contributed by atoms with Crippen molar-refractivity contribution in [2.24, 2.45) is 0 Å². The lowest BCUT2D eigenvalue weighted by atomic mass is 10.1. The highest BCUT2D eigenvalue weighted by Gasteiger charge is 2.18. The Bertz CT molecular complexity index is 778. The minimum absolute atomic E-state index is 0.0653. The monoisotopic (exact) mass is 295 g/mol. The molecule has 2 N–H and O–H groups in total. The maximum atomic E-state index is 11.4. The molecule has 0 saturated heterocycles. The largest absolute Gasteiger partial charge is 0.508 e. The van der Waals surface area contributed by atoms with Gasteiger partial charge in [0, 0.05) is 0 Å². The molecule has 0 bridgehead atoms. The first-order valence-electron chi connectivity index (χ1n) is 7.08. The van der Waals surface area contributed by atoms with Crippen molar-refractivity contribution < 1.29 is 14.6 Å². The van der Waals surface area contributed by atoms with E-state index in [9.17, 15) is 9.90 Å². The van der Waals surface area contributed by atoms with Crippen LogP contribution in [0.1, 0.15) is 22.3 Å². The summed E-state index contributed by atoms with van der Waals surface area (Å²) in [4.78, 5) is 11.4. The van der Waals surface area contributed by atoms with Crippen LogP contribution in [-0.4, -0.2) is 17.6 Å². The maximum Gasteiger partial charge on any atom is 0.262 e. The molecule has 4 heteroatoms. The van der Waals surface area contributed by atoms with E-state index in [1.54, 1.807) is 6.07 Å². The van der Waals surface area contributed by atoms with E-state index in [4.69, 9.17) is 4.74 Å². The lowest BCUT2D eigenvalue weighted by Gasteiger charge is -2.20. The van der Waals surface area contributed by atoms with Gasteiger partial charge in [-0.15, -0.1) is 0 Å². The number of carbonyl (C=O) groups is 1. The first kappa shape index (κ1) is 14.2. The van der Waals surface area contributed by atoms with E-state index >= 15 is 0 Å². The van der Waals surface area contributed by atoms with Gasteiger partial charge in [0.15, 0.2) is 6.61 Å². The summed E-state index contributed by atoms with van der Waals surface area (Å²) in [6.07, 6.45) is 3.94. The van der Waals surface area contributed by atoms with Crippen molar-refractivity contribution in [1.29, 1.82) is 0 Å². The number of aryl methyl sites for hydroxylation is 2. The molecule has 1 amide bonds. The number of carbonyl (C=O) groups excluding carboxylic acids is 1. The number of nitrogens with one attached hydrogen (secondary N) is 1. The zero-order chi connectivity index (χ0) is 15.7. The molecular weight excluding hydrogens is 278 g/mol. The van der Waals surface area contributed by atoms with E-state index in [1.807, 2.05) is 50.3 Å². The fraction of sp³-hybridized carbons (Fsp3) is 0.167. The third-order valence-corrected chi connectivity index (χ3v) is 3.61. The number of phenolic OH excluding ortho intramolecular Hbond substituents is 1. The van der Waals surface area contributed by atoms with Crippen molar-refractivity contribution in [1.82, 2.24) is 0 Å². The van der Waals surface area contributed by atoms with Crippen LogP contribution in [0.3, 0.4) is 0 Å². The zero-order valence-electron chi connectivity index (χ0n) is 12.5. The van der Waals surface area contributed by atoms with Crippen LogP contribution in [-0.2, 0) is 4.79 Å². The highest BCUT2D eigenvalue weighted by Crippen LogP contribution is 2.33. The number of phenols is 1. The van der Waals surface area contributed by atoms with Gasteiger partial charge in [0.1, 0.15) is 11.5 Å². The van der Waals surface area contributed by atoms with Gasteiger partial charge in [-0.05, 0) is 60.4 Å². The fourth-order valence-corrected chi connectivity index (χ4v) is 2.48. The maximum absolute atomic E-state index is 11.4. The van der Waals surface area contributed by atoms with E-state index in [2.05, 4.69) is 5.32 Å². The summed E-state index contributed by atoms with van der Waals surface area (Å²) in [6, 6.07) is 9.36. The molecule has 1 heterocycles. The van der Waals surface area contributed by atoms with Crippen molar-refractivity contribution in [3.05, 3.63) is 52.6 Å². The van der Waals surface area contributed by atoms with Gasteiger partial charge in [0.05, 0.1) is 5.69 Å². The normalized spacial score (nSPS) is 13.6. The van der Waals surface area contributed by atoms with Gasteiger partial charge in [-0.3, -0.25) is 4.79 Å². The number of hydrogen-bond acceptors (Lipinski definition) is 3. The third kappa shape index (κ3) is 2.81. The number of fused-ring (bicyclic) bond motifs is 1. The predicted octanol–water partition coefficient (Wildman–Crippen LogP) is 3.51. The Balaban J connectivity index is 1.90. The molecule has 1 aliphatic rings. The Kier molecular flexibility index (Phi) is 3.59. The minimum Gasteiger partial charge on any atom is -0.508 e. The minimum atomic E-state index is -0.137. The summed E-state index contributed by atoms with van der Waals surface area (Å²) in [5.41, 5.74) is 4.51. The molecule has 112 valence electrons. The standard InChI is InChI=1S/C18H17NO3/c1-11-7-13(5-6-16(11)20)3-4-14-8-12(2)18-15(9-14)19-17(21)10-22-18/h3-9,20H,10H2,1-2H3,(H,19,21)/b4-3+. The Morgan fingerprint density at radius 3 is 2.59 bits per heavy atom. The van der Waals surface area contributed by atoms with Crippen LogP contribution in [0.5, 0.6) is 11.5 Å². The molecule has 1 aliphatic heterocycles. The van der Waals surface area contributed by atoms with E-state index in [0.29, 0.717) is 11.4 Å². The molecule has 0 unspecified atom stereocenters. The lowest BCUT2D eigenvalue weighted by Crippen LogP contribution is -2.25. The number of ether oxygens (including phenoxy) is 1. The Labute approximate surface area is 129 Å². The van der Waals surface area contributed by atoms with Crippen LogP contribution in [0.2, 0.25) is 0 Å². The average Bonchev–Trinajstić information content (AvgIpc) is 2.48. The second kappa shape index (κ2) is 5.56. The van der Waals surface area contributed by atoms with Crippen LogP contribution >= 0.6 is 0 Å². The van der Waals surface area contributed by atoms with Crippen LogP contribution in [0.4, 0.5) is 5.69 Å². The van der Waals surface area contributed by atoms with Gasteiger partial charge >= 0.3 is 0 Å². The van der Waals surface area contributed by atoms with E-state index in [-0.39, 0.29) is 12.5 Å². The van der Waals surface area contributed by atoms with Crippen LogP contribution in [0.25, 0.3) is 12.2 Å². The second-order valence-corrected chi connectivity index (χ2v) is 5.43. The summed E-state index contributed by atoms with van der Waals surface area (Å²) in [6.45, 7) is 3.89. The highest BCUT2D eigenvalue weighted by atomic mass is 16.5. The molecular formula is C18H17NO3. The Hall–Kier alpha value is -2.75. The molecule has 0 aromatic heterocycles. The number of rotatable bonds is 2. The molecule has 0 atom stereocenters. The number of aromatic hydroxyl groups is 1. The van der Waals surface area contributed by atoms with E-state index in [0.717, 1.165) is 28.0 Å². The Morgan fingerprint density at radius 2 is 1.82 bits per heavy atom. The van der Waals surface area contributed by atoms with Crippen molar-refractivity contribution >= 4 is 23.7 Å². The summed E-state index contributed by atoms with van der Waals surface area (Å²) >= 11 is 0. The third-order valence-electron chi connectivity index (χ3n) is 3.61. The van der Waals surface area contributed by atoms with E-state index in [1.165, 1.54) is 0 Å². The molecule has 4 nitrogen and oxygen atoms in total. The molecule has 2 aromatic rings. The van der Waals surface area contributed by atoms with Crippen LogP contribution < -0.4 is 10.1 Å². The van der Waals surface area contributed by atoms with Gasteiger partial charge in [-0.2, -0.15) is 0 Å².